The second kappa shape index (κ2) is 6.18. The van der Waals surface area contributed by atoms with E-state index in [-0.39, 0.29) is 17.9 Å². The molecule has 2 aromatic rings. The maximum absolute atomic E-state index is 12.8. The van der Waals surface area contributed by atoms with Crippen molar-refractivity contribution in [2.24, 2.45) is 0 Å². The maximum Gasteiger partial charge on any atom is 0.319 e. The van der Waals surface area contributed by atoms with E-state index in [9.17, 15) is 9.18 Å². The van der Waals surface area contributed by atoms with Gasteiger partial charge >= 0.3 is 6.03 Å². The number of hydrogen-bond donors (Lipinski definition) is 2. The van der Waals surface area contributed by atoms with Gasteiger partial charge in [-0.25, -0.2) is 9.18 Å². The number of carbonyl (C=O) groups excluding carboxylic acids is 1. The molecule has 1 aliphatic rings. The number of halogens is 1. The minimum atomic E-state index is -0.320. The summed E-state index contributed by atoms with van der Waals surface area (Å²) in [5, 5.41) is 5.70. The molecule has 2 N–H and O–H groups in total. The summed E-state index contributed by atoms with van der Waals surface area (Å²) in [6, 6.07) is 13.6. The van der Waals surface area contributed by atoms with Crippen LogP contribution in [0.25, 0.3) is 0 Å². The smallest absolute Gasteiger partial charge is 0.319 e. The average molecular weight is 302 g/mol. The third-order valence-electron chi connectivity index (χ3n) is 3.37. The molecule has 0 saturated heterocycles. The molecule has 0 saturated carbocycles. The normalized spacial score (nSPS) is 16.9. The fourth-order valence-electron chi connectivity index (χ4n) is 2.35. The minimum Gasteiger partial charge on any atom is -0.331 e. The molecule has 0 aromatic heterocycles. The predicted molar refractivity (Wildman–Crippen MR) is 83.1 cm³/mol. The highest BCUT2D eigenvalue weighted by Gasteiger charge is 2.21. The highest BCUT2D eigenvalue weighted by Crippen LogP contribution is 2.35. The fourth-order valence-corrected chi connectivity index (χ4v) is 3.48. The van der Waals surface area contributed by atoms with Crippen molar-refractivity contribution in [1.82, 2.24) is 5.32 Å². The van der Waals surface area contributed by atoms with Crippen LogP contribution in [0.15, 0.2) is 53.4 Å². The first-order valence-corrected chi connectivity index (χ1v) is 7.76. The van der Waals surface area contributed by atoms with Crippen molar-refractivity contribution in [3.8, 4) is 0 Å². The molecular formula is C16H15FN2OS. The van der Waals surface area contributed by atoms with Gasteiger partial charge in [-0.15, -0.1) is 11.8 Å². The number of carbonyl (C=O) groups is 1. The van der Waals surface area contributed by atoms with Gasteiger partial charge < -0.3 is 10.6 Å². The summed E-state index contributed by atoms with van der Waals surface area (Å²) >= 11 is 1.81. The molecule has 108 valence electrons. The van der Waals surface area contributed by atoms with E-state index in [1.165, 1.54) is 17.0 Å². The molecule has 3 rings (SSSR count). The van der Waals surface area contributed by atoms with E-state index < -0.39 is 0 Å². The molecule has 21 heavy (non-hydrogen) atoms. The molecule has 0 radical (unpaired) electrons. The Hall–Kier alpha value is -2.01. The summed E-state index contributed by atoms with van der Waals surface area (Å²) in [5.74, 6) is 0.664. The second-order valence-corrected chi connectivity index (χ2v) is 5.97. The van der Waals surface area contributed by atoms with Crippen LogP contribution in [0, 0.1) is 5.82 Å². The quantitative estimate of drug-likeness (QED) is 0.873. The number of fused-ring (bicyclic) bond motifs is 1. The summed E-state index contributed by atoms with van der Waals surface area (Å²) in [5.41, 5.74) is 1.73. The number of anilines is 1. The number of rotatable bonds is 2. The molecule has 0 fully saturated rings. The third-order valence-corrected chi connectivity index (χ3v) is 4.49. The zero-order chi connectivity index (χ0) is 14.7. The highest BCUT2D eigenvalue weighted by atomic mass is 32.2. The zero-order valence-electron chi connectivity index (χ0n) is 11.3. The molecule has 5 heteroatoms. The lowest BCUT2D eigenvalue weighted by molar-refractivity contribution is 0.248. The van der Waals surface area contributed by atoms with Gasteiger partial charge in [0.1, 0.15) is 5.82 Å². The summed E-state index contributed by atoms with van der Waals surface area (Å²) < 4.78 is 12.8. The number of thioether (sulfide) groups is 1. The first-order chi connectivity index (χ1) is 10.2. The topological polar surface area (TPSA) is 41.1 Å². The van der Waals surface area contributed by atoms with Crippen LogP contribution in [0.4, 0.5) is 14.9 Å². The molecule has 3 nitrogen and oxygen atoms in total. The molecule has 2 amide bonds. The van der Waals surface area contributed by atoms with E-state index in [1.807, 2.05) is 30.0 Å². The lowest BCUT2D eigenvalue weighted by Crippen LogP contribution is -2.34. The van der Waals surface area contributed by atoms with Crippen molar-refractivity contribution >= 4 is 23.5 Å². The van der Waals surface area contributed by atoms with Crippen molar-refractivity contribution in [2.45, 2.75) is 17.4 Å². The molecule has 0 spiro atoms. The predicted octanol–water partition coefficient (Wildman–Crippen LogP) is 4.18. The zero-order valence-corrected chi connectivity index (χ0v) is 12.1. The molecule has 1 heterocycles. The van der Waals surface area contributed by atoms with Gasteiger partial charge in [0.2, 0.25) is 0 Å². The second-order valence-electron chi connectivity index (χ2n) is 4.83. The number of benzene rings is 2. The Bertz CT molecular complexity index is 645. The van der Waals surface area contributed by atoms with Crippen LogP contribution in [0.2, 0.25) is 0 Å². The van der Waals surface area contributed by atoms with Crippen LogP contribution in [0.1, 0.15) is 18.0 Å². The Morgan fingerprint density at radius 2 is 1.90 bits per heavy atom. The molecule has 0 aliphatic carbocycles. The summed E-state index contributed by atoms with van der Waals surface area (Å²) in [6.07, 6.45) is 0.901. The first kappa shape index (κ1) is 13.9. The maximum atomic E-state index is 12.8. The Morgan fingerprint density at radius 3 is 2.71 bits per heavy atom. The van der Waals surface area contributed by atoms with E-state index in [0.29, 0.717) is 5.69 Å². The first-order valence-electron chi connectivity index (χ1n) is 6.77. The lowest BCUT2D eigenvalue weighted by Gasteiger charge is -2.25. The Labute approximate surface area is 126 Å². The van der Waals surface area contributed by atoms with E-state index in [4.69, 9.17) is 0 Å². The van der Waals surface area contributed by atoms with Crippen molar-refractivity contribution in [1.29, 1.82) is 0 Å². The highest BCUT2D eigenvalue weighted by molar-refractivity contribution is 7.99. The minimum absolute atomic E-state index is 0.0166. The van der Waals surface area contributed by atoms with Gasteiger partial charge in [-0.3, -0.25) is 0 Å². The van der Waals surface area contributed by atoms with E-state index in [0.717, 1.165) is 17.7 Å². The average Bonchev–Trinajstić information content (AvgIpc) is 2.50. The molecule has 1 atom stereocenters. The summed E-state index contributed by atoms with van der Waals surface area (Å²) in [4.78, 5) is 13.3. The van der Waals surface area contributed by atoms with Gasteiger partial charge in [0.15, 0.2) is 0 Å². The number of hydrogen-bond acceptors (Lipinski definition) is 2. The number of nitrogens with one attached hydrogen (secondary N) is 2. The van der Waals surface area contributed by atoms with Crippen LogP contribution in [0.3, 0.4) is 0 Å². The Kier molecular flexibility index (Phi) is 4.10. The number of amides is 2. The fraction of sp³-hybridized carbons (Fsp3) is 0.188. The number of urea groups is 1. The van der Waals surface area contributed by atoms with Gasteiger partial charge in [-0.05, 0) is 42.3 Å². The molecule has 1 unspecified atom stereocenters. The van der Waals surface area contributed by atoms with Gasteiger partial charge in [0.05, 0.1) is 6.04 Å². The van der Waals surface area contributed by atoms with Crippen LogP contribution in [-0.4, -0.2) is 11.8 Å². The molecule has 1 aliphatic heterocycles. The largest absolute Gasteiger partial charge is 0.331 e. The molecule has 0 bridgehead atoms. The van der Waals surface area contributed by atoms with Crippen LogP contribution in [-0.2, 0) is 0 Å². The van der Waals surface area contributed by atoms with Gasteiger partial charge in [-0.2, -0.15) is 0 Å². The van der Waals surface area contributed by atoms with Crippen molar-refractivity contribution in [2.75, 3.05) is 11.1 Å². The van der Waals surface area contributed by atoms with Crippen molar-refractivity contribution in [3.05, 3.63) is 59.9 Å². The third kappa shape index (κ3) is 3.36. The SMILES string of the molecule is O=C(Nc1ccc(F)cc1)NC1CCSc2ccccc21. The van der Waals surface area contributed by atoms with Crippen molar-refractivity contribution in [3.63, 3.8) is 0 Å². The standard InChI is InChI=1S/C16H15FN2OS/c17-11-5-7-12(8-6-11)18-16(20)19-14-9-10-21-15-4-2-1-3-13(14)15/h1-8,14H,9-10H2,(H2,18,19,20). The lowest BCUT2D eigenvalue weighted by atomic mass is 10.0. The van der Waals surface area contributed by atoms with E-state index in [1.54, 1.807) is 12.1 Å². The van der Waals surface area contributed by atoms with Crippen molar-refractivity contribution < 1.29 is 9.18 Å². The summed E-state index contributed by atoms with van der Waals surface area (Å²) in [6.45, 7) is 0. The monoisotopic (exact) mass is 302 g/mol. The van der Waals surface area contributed by atoms with Gasteiger partial charge in [0, 0.05) is 16.3 Å². The van der Waals surface area contributed by atoms with Crippen LogP contribution in [0.5, 0.6) is 0 Å². The van der Waals surface area contributed by atoms with Gasteiger partial charge in [0.25, 0.3) is 0 Å². The van der Waals surface area contributed by atoms with Gasteiger partial charge in [-0.1, -0.05) is 18.2 Å². The Morgan fingerprint density at radius 1 is 1.14 bits per heavy atom. The molecule has 2 aromatic carbocycles. The van der Waals surface area contributed by atoms with E-state index >= 15 is 0 Å². The van der Waals surface area contributed by atoms with Crippen LogP contribution >= 0.6 is 11.8 Å². The summed E-state index contributed by atoms with van der Waals surface area (Å²) in [7, 11) is 0. The molecular weight excluding hydrogens is 287 g/mol. The van der Waals surface area contributed by atoms with E-state index in [2.05, 4.69) is 16.7 Å². The Balaban J connectivity index is 1.67. The van der Waals surface area contributed by atoms with Crippen LogP contribution < -0.4 is 10.6 Å².